The Morgan fingerprint density at radius 1 is 0.635 bits per heavy atom. The first-order valence-electron chi connectivity index (χ1n) is 27.1. The minimum atomic E-state index is -1.86. The molecule has 21 heteroatoms. The van der Waals surface area contributed by atoms with Crippen LogP contribution in [-0.4, -0.2) is 210 Å². The summed E-state index contributed by atoms with van der Waals surface area (Å²) in [7, 11) is 0. The number of carbonyl (C=O) groups excluding carboxylic acids is 1. The highest BCUT2D eigenvalue weighted by Crippen LogP contribution is 2.76. The van der Waals surface area contributed by atoms with E-state index in [9.17, 15) is 61.3 Å². The standard InChI is InChI=1S/C53H86O21/c1-23-32(56)35(59)39(63)45(69-23)73-42-27(20-54)70-43(41(65)37(42)61)68-22-28-34(58)36(60)40(64)46(71-28)74-47(66)53-17-15-48(2,3)19-25(53)24-9-10-30-50(6)13-12-31(72-44-38(62)33(57)26(55)21-67-44)49(4,5)29(50)11-14-52(30,8)51(24,7)16-18-53/h9,23,25-46,54-65H,10-22H2,1-8H3/t23-,25?,26-,27+,28+,29?,30+,31-,32-,33-,34+,35+,36-,37+,38+,39+,40+,41+,42+,43+,44-,45-,46-,50-,51+,52+,53-/m0/s1. The van der Waals surface area contributed by atoms with E-state index in [0.717, 1.165) is 44.9 Å². The average molecular weight is 1060 g/mol. The summed E-state index contributed by atoms with van der Waals surface area (Å²) in [5, 5.41) is 128. The summed E-state index contributed by atoms with van der Waals surface area (Å²) in [5.74, 6) is -0.203. The van der Waals surface area contributed by atoms with Gasteiger partial charge < -0.3 is 99.2 Å². The smallest absolute Gasteiger partial charge is 0.315 e. The zero-order valence-electron chi connectivity index (χ0n) is 44.1. The first-order chi connectivity index (χ1) is 34.6. The van der Waals surface area contributed by atoms with Crippen LogP contribution in [0.1, 0.15) is 120 Å². The van der Waals surface area contributed by atoms with Gasteiger partial charge >= 0.3 is 5.97 Å². The molecule has 21 nitrogen and oxygen atoms in total. The van der Waals surface area contributed by atoms with E-state index in [2.05, 4.69) is 54.5 Å². The third-order valence-electron chi connectivity index (χ3n) is 21.0. The van der Waals surface area contributed by atoms with E-state index >= 15 is 4.79 Å². The van der Waals surface area contributed by atoms with Crippen LogP contribution in [0, 0.1) is 50.2 Å². The predicted molar refractivity (Wildman–Crippen MR) is 255 cm³/mol. The summed E-state index contributed by atoms with van der Waals surface area (Å²) in [4.78, 5) is 15.1. The molecule has 9 aliphatic rings. The lowest BCUT2D eigenvalue weighted by Gasteiger charge is -2.71. The average Bonchev–Trinajstić information content (AvgIpc) is 3.34. The minimum Gasteiger partial charge on any atom is -0.432 e. The minimum absolute atomic E-state index is 0.0778. The van der Waals surface area contributed by atoms with Crippen molar-refractivity contribution in [2.75, 3.05) is 19.8 Å². The lowest BCUT2D eigenvalue weighted by molar-refractivity contribution is -0.361. The van der Waals surface area contributed by atoms with Crippen molar-refractivity contribution in [2.45, 2.75) is 242 Å². The van der Waals surface area contributed by atoms with Gasteiger partial charge in [0, 0.05) is 0 Å². The van der Waals surface area contributed by atoms with Gasteiger partial charge in [-0.3, -0.25) is 4.79 Å². The van der Waals surface area contributed by atoms with E-state index in [1.807, 2.05) is 0 Å². The predicted octanol–water partition coefficient (Wildman–Crippen LogP) is -0.369. The van der Waals surface area contributed by atoms with Crippen LogP contribution in [0.3, 0.4) is 0 Å². The number of aliphatic hydroxyl groups is 12. The Bertz CT molecular complexity index is 2040. The molecule has 27 atom stereocenters. The number of hydrogen-bond acceptors (Lipinski definition) is 21. The summed E-state index contributed by atoms with van der Waals surface area (Å²) in [6.07, 6.45) is -19.6. The molecule has 74 heavy (non-hydrogen) atoms. The highest BCUT2D eigenvalue weighted by Gasteiger charge is 2.70. The van der Waals surface area contributed by atoms with E-state index < -0.39 is 141 Å². The molecule has 0 amide bonds. The molecule has 2 unspecified atom stereocenters. The van der Waals surface area contributed by atoms with Crippen LogP contribution in [0.4, 0.5) is 0 Å². The molecular weight excluding hydrogens is 973 g/mol. The number of allylic oxidation sites excluding steroid dienone is 2. The van der Waals surface area contributed by atoms with Crippen LogP contribution in [-0.2, 0) is 42.7 Å². The number of ether oxygens (including phenoxy) is 8. The van der Waals surface area contributed by atoms with Crippen molar-refractivity contribution in [2.24, 2.45) is 50.2 Å². The zero-order chi connectivity index (χ0) is 54.0. The second kappa shape index (κ2) is 20.5. The monoisotopic (exact) mass is 1060 g/mol. The van der Waals surface area contributed by atoms with E-state index in [1.165, 1.54) is 12.5 Å². The Hall–Kier alpha value is -1.55. The van der Waals surface area contributed by atoms with Gasteiger partial charge in [-0.1, -0.05) is 60.1 Å². The SMILES string of the molecule is C[C@@H]1O[C@@H](O[C@H]2[C@H](O)[C@@H](O)[C@H](OC[C@H]3O[C@@H](OC(=O)[C@]45CCC(C)(C)CC4C4=CC[C@@H]6[C@@]7(C)CC[C@H](O[C@@H]8OC[C@H](O)[C@H](O)[C@H]8O)C(C)(C)C7CC[C@@]6(C)[C@]4(C)CC5)[C@H](O)[C@@H](O)[C@@H]3O)O[C@@H]2CO)[C@H](O)[C@H](O)[C@H]1O. The Morgan fingerprint density at radius 2 is 1.27 bits per heavy atom. The molecular formula is C53H86O21. The molecule has 0 bridgehead atoms. The molecule has 4 saturated heterocycles. The van der Waals surface area contributed by atoms with Gasteiger partial charge in [0.25, 0.3) is 0 Å². The first-order valence-corrected chi connectivity index (χ1v) is 27.1. The van der Waals surface area contributed by atoms with E-state index in [1.54, 1.807) is 0 Å². The summed E-state index contributed by atoms with van der Waals surface area (Å²) in [5.41, 5.74) is -0.647. The zero-order valence-corrected chi connectivity index (χ0v) is 44.1. The second-order valence-electron chi connectivity index (χ2n) is 25.8. The van der Waals surface area contributed by atoms with Crippen LogP contribution in [0.15, 0.2) is 11.6 Å². The molecule has 5 aliphatic carbocycles. The molecule has 4 heterocycles. The quantitative estimate of drug-likeness (QED) is 0.0755. The van der Waals surface area contributed by atoms with Crippen molar-refractivity contribution in [3.8, 4) is 0 Å². The number of esters is 1. The third kappa shape index (κ3) is 9.27. The fraction of sp³-hybridized carbons (Fsp3) is 0.943. The topological polar surface area (TPSA) is 334 Å². The fourth-order valence-corrected chi connectivity index (χ4v) is 16.1. The fourth-order valence-electron chi connectivity index (χ4n) is 16.1. The van der Waals surface area contributed by atoms with Gasteiger partial charge in [-0.05, 0) is 116 Å². The maximum atomic E-state index is 15.1. The van der Waals surface area contributed by atoms with Crippen LogP contribution in [0.2, 0.25) is 0 Å². The molecule has 0 radical (unpaired) electrons. The van der Waals surface area contributed by atoms with Gasteiger partial charge in [0.05, 0.1) is 37.4 Å². The van der Waals surface area contributed by atoms with E-state index in [4.69, 9.17) is 37.9 Å². The molecule has 4 saturated carbocycles. The molecule has 0 spiro atoms. The molecule has 0 aromatic carbocycles. The van der Waals surface area contributed by atoms with Gasteiger partial charge in [0.1, 0.15) is 85.5 Å². The molecule has 8 fully saturated rings. The first kappa shape index (κ1) is 57.1. The van der Waals surface area contributed by atoms with Crippen LogP contribution in [0.5, 0.6) is 0 Å². The summed E-state index contributed by atoms with van der Waals surface area (Å²) >= 11 is 0. The lowest BCUT2D eigenvalue weighted by atomic mass is 9.33. The molecule has 4 aliphatic heterocycles. The largest absolute Gasteiger partial charge is 0.432 e. The normalized spacial score (nSPS) is 54.1. The Kier molecular flexibility index (Phi) is 15.8. The van der Waals surface area contributed by atoms with Crippen molar-refractivity contribution in [1.29, 1.82) is 0 Å². The molecule has 0 aromatic heterocycles. The summed E-state index contributed by atoms with van der Waals surface area (Å²) < 4.78 is 47.1. The Morgan fingerprint density at radius 3 is 1.97 bits per heavy atom. The number of fused-ring (bicyclic) bond motifs is 7. The van der Waals surface area contributed by atoms with Crippen molar-refractivity contribution in [3.05, 3.63) is 11.6 Å². The maximum absolute atomic E-state index is 15.1. The van der Waals surface area contributed by atoms with Crippen LogP contribution < -0.4 is 0 Å². The Labute approximate surface area is 433 Å². The summed E-state index contributed by atoms with van der Waals surface area (Å²) in [6.45, 7) is 16.1. The number of aliphatic hydroxyl groups excluding tert-OH is 12. The Balaban J connectivity index is 0.891. The maximum Gasteiger partial charge on any atom is 0.315 e. The van der Waals surface area contributed by atoms with Crippen molar-refractivity contribution in [1.82, 2.24) is 0 Å². The lowest BCUT2D eigenvalue weighted by Crippen LogP contribution is -2.66. The van der Waals surface area contributed by atoms with Crippen molar-refractivity contribution in [3.63, 3.8) is 0 Å². The summed E-state index contributed by atoms with van der Waals surface area (Å²) in [6, 6.07) is 0. The van der Waals surface area contributed by atoms with Gasteiger partial charge in [0.2, 0.25) is 6.29 Å². The third-order valence-corrected chi connectivity index (χ3v) is 21.0. The highest BCUT2D eigenvalue weighted by molar-refractivity contribution is 5.79. The van der Waals surface area contributed by atoms with Crippen molar-refractivity contribution < 1.29 is 104 Å². The molecule has 0 aromatic rings. The molecule has 424 valence electrons. The van der Waals surface area contributed by atoms with Gasteiger partial charge in [0.15, 0.2) is 18.9 Å². The number of carbonyl (C=O) groups is 1. The van der Waals surface area contributed by atoms with Crippen LogP contribution in [0.25, 0.3) is 0 Å². The van der Waals surface area contributed by atoms with Crippen molar-refractivity contribution >= 4 is 5.97 Å². The van der Waals surface area contributed by atoms with Gasteiger partial charge in [-0.2, -0.15) is 0 Å². The second-order valence-corrected chi connectivity index (χ2v) is 25.8. The molecule has 9 rings (SSSR count). The number of hydrogen-bond donors (Lipinski definition) is 12. The van der Waals surface area contributed by atoms with E-state index in [0.29, 0.717) is 25.2 Å². The van der Waals surface area contributed by atoms with Crippen LogP contribution >= 0.6 is 0 Å². The van der Waals surface area contributed by atoms with Gasteiger partial charge in [-0.25, -0.2) is 0 Å². The van der Waals surface area contributed by atoms with Gasteiger partial charge in [-0.15, -0.1) is 0 Å². The van der Waals surface area contributed by atoms with E-state index in [-0.39, 0.29) is 51.6 Å². The number of rotatable bonds is 10. The highest BCUT2D eigenvalue weighted by atomic mass is 16.8. The molecule has 12 N–H and O–H groups in total.